The first-order valence-electron chi connectivity index (χ1n) is 6.08. The van der Waals surface area contributed by atoms with Gasteiger partial charge in [-0.15, -0.1) is 0 Å². The third-order valence-corrected chi connectivity index (χ3v) is 2.64. The fourth-order valence-electron chi connectivity index (χ4n) is 1.50. The van der Waals surface area contributed by atoms with Crippen LogP contribution in [0.2, 0.25) is 0 Å². The number of pyridine rings is 2. The highest BCUT2D eigenvalue weighted by atomic mass is 32.1. The molecule has 2 aromatic rings. The average molecular weight is 308 g/mol. The minimum absolute atomic E-state index is 0.415. The van der Waals surface area contributed by atoms with Crippen molar-refractivity contribution in [3.05, 3.63) is 47.0 Å². The first-order valence-corrected chi connectivity index (χ1v) is 6.49. The summed E-state index contributed by atoms with van der Waals surface area (Å²) in [5.41, 5.74) is 9.10. The number of rotatable bonds is 1. The van der Waals surface area contributed by atoms with Crippen LogP contribution in [0, 0.1) is 36.5 Å². The molecule has 2 heterocycles. The highest BCUT2D eigenvalue weighted by Crippen LogP contribution is 2.13. The summed E-state index contributed by atoms with van der Waals surface area (Å²) in [4.78, 5) is 11.4. The van der Waals surface area contributed by atoms with Crippen LogP contribution in [-0.2, 0) is 0 Å². The van der Waals surface area contributed by atoms with Crippen molar-refractivity contribution in [2.24, 2.45) is 4.99 Å². The van der Waals surface area contributed by atoms with Crippen molar-refractivity contribution >= 4 is 28.8 Å². The lowest BCUT2D eigenvalue weighted by molar-refractivity contribution is 1.20. The van der Waals surface area contributed by atoms with Crippen LogP contribution in [0.25, 0.3) is 0 Å². The Morgan fingerprint density at radius 1 is 1.05 bits per heavy atom. The number of nitrogen functional groups attached to an aromatic ring is 1. The molecule has 2 aromatic heterocycles. The molecule has 0 saturated heterocycles. The Bertz CT molecular complexity index is 810. The van der Waals surface area contributed by atoms with E-state index >= 15 is 0 Å². The molecule has 2 N–H and O–H groups in total. The van der Waals surface area contributed by atoms with Crippen molar-refractivity contribution in [2.75, 3.05) is 5.73 Å². The number of nitriles is 2. The molecule has 0 saturated carbocycles. The van der Waals surface area contributed by atoms with Crippen LogP contribution in [0.15, 0.2) is 29.5 Å². The molecule has 22 heavy (non-hydrogen) atoms. The molecule has 108 valence electrons. The molecule has 0 bridgehead atoms. The number of aromatic nitrogens is 2. The molecule has 0 atom stereocenters. The van der Waals surface area contributed by atoms with E-state index in [1.165, 1.54) is 12.4 Å². The molecule has 0 aromatic carbocycles. The van der Waals surface area contributed by atoms with Gasteiger partial charge in [0, 0.05) is 0 Å². The number of hydrogen-bond donors (Lipinski definition) is 1. The van der Waals surface area contributed by atoms with Gasteiger partial charge in [-0.1, -0.05) is 0 Å². The minimum Gasteiger partial charge on any atom is -0.397 e. The lowest BCUT2D eigenvalue weighted by Crippen LogP contribution is -1.91. The van der Waals surface area contributed by atoms with E-state index in [0.717, 1.165) is 11.1 Å². The number of hydrogen-bond acceptors (Lipinski definition) is 7. The maximum atomic E-state index is 8.56. The Kier molecular flexibility index (Phi) is 6.33. The lowest BCUT2D eigenvalue weighted by Gasteiger charge is -1.95. The van der Waals surface area contributed by atoms with Gasteiger partial charge in [-0.05, 0) is 49.3 Å². The normalized spacial score (nSPS) is 8.55. The third kappa shape index (κ3) is 4.77. The topological polar surface area (TPSA) is 112 Å². The van der Waals surface area contributed by atoms with Crippen LogP contribution in [0.1, 0.15) is 22.5 Å². The van der Waals surface area contributed by atoms with Gasteiger partial charge in [-0.3, -0.25) is 0 Å². The number of aryl methyl sites for hydroxylation is 2. The Morgan fingerprint density at radius 3 is 2.05 bits per heavy atom. The van der Waals surface area contributed by atoms with E-state index in [2.05, 4.69) is 32.3 Å². The Hall–Kier alpha value is -3.12. The van der Waals surface area contributed by atoms with Crippen molar-refractivity contribution < 1.29 is 0 Å². The first-order chi connectivity index (χ1) is 10.5. The minimum atomic E-state index is 0.415. The molecule has 0 amide bonds. The smallest absolute Gasteiger partial charge is 0.143 e. The second kappa shape index (κ2) is 8.23. The molecular formula is C15H12N6S. The van der Waals surface area contributed by atoms with Crippen LogP contribution in [0.5, 0.6) is 0 Å². The molecule has 6 nitrogen and oxygen atoms in total. The third-order valence-electron chi connectivity index (χ3n) is 2.55. The van der Waals surface area contributed by atoms with Crippen LogP contribution in [0.3, 0.4) is 0 Å². The molecule has 0 fully saturated rings. The van der Waals surface area contributed by atoms with Crippen LogP contribution in [-0.4, -0.2) is 15.1 Å². The second-order valence-corrected chi connectivity index (χ2v) is 4.40. The van der Waals surface area contributed by atoms with E-state index in [1.807, 2.05) is 19.1 Å². The molecule has 0 spiro atoms. The summed E-state index contributed by atoms with van der Waals surface area (Å²) in [6.07, 6.45) is 2.97. The zero-order chi connectivity index (χ0) is 16.5. The monoisotopic (exact) mass is 308 g/mol. The highest BCUT2D eigenvalue weighted by Gasteiger charge is 1.98. The quantitative estimate of drug-likeness (QED) is 0.640. The summed E-state index contributed by atoms with van der Waals surface area (Å²) >= 11 is 4.43. The molecule has 0 aliphatic heterocycles. The fourth-order valence-corrected chi connectivity index (χ4v) is 1.61. The van der Waals surface area contributed by atoms with E-state index in [4.69, 9.17) is 16.3 Å². The lowest BCUT2D eigenvalue weighted by atomic mass is 10.2. The van der Waals surface area contributed by atoms with Crippen molar-refractivity contribution in [2.45, 2.75) is 13.8 Å². The SMILES string of the molecule is Cc1cc(N)cnc1C#N.Cc1cc(N=C=S)cnc1C#N. The van der Waals surface area contributed by atoms with Gasteiger partial charge in [-0.2, -0.15) is 15.5 Å². The van der Waals surface area contributed by atoms with E-state index in [9.17, 15) is 0 Å². The van der Waals surface area contributed by atoms with E-state index in [1.54, 1.807) is 19.1 Å². The van der Waals surface area contributed by atoms with Crippen LogP contribution < -0.4 is 5.73 Å². The van der Waals surface area contributed by atoms with Gasteiger partial charge in [0.05, 0.1) is 28.9 Å². The second-order valence-electron chi connectivity index (χ2n) is 4.22. The van der Waals surface area contributed by atoms with Gasteiger partial charge in [0.15, 0.2) is 0 Å². The van der Waals surface area contributed by atoms with E-state index in [0.29, 0.717) is 22.8 Å². The molecular weight excluding hydrogens is 296 g/mol. The van der Waals surface area contributed by atoms with Crippen molar-refractivity contribution in [1.29, 1.82) is 10.5 Å². The van der Waals surface area contributed by atoms with E-state index < -0.39 is 0 Å². The van der Waals surface area contributed by atoms with Gasteiger partial charge in [-0.25, -0.2) is 9.97 Å². The van der Waals surface area contributed by atoms with E-state index in [-0.39, 0.29) is 0 Å². The summed E-state index contributed by atoms with van der Waals surface area (Å²) in [7, 11) is 0. The Labute approximate surface area is 133 Å². The van der Waals surface area contributed by atoms with Gasteiger partial charge in [0.1, 0.15) is 23.5 Å². The Morgan fingerprint density at radius 2 is 1.59 bits per heavy atom. The molecule has 2 rings (SSSR count). The maximum absolute atomic E-state index is 8.56. The summed E-state index contributed by atoms with van der Waals surface area (Å²) in [5, 5.41) is 19.3. The number of isothiocyanates is 1. The zero-order valence-corrected chi connectivity index (χ0v) is 12.8. The largest absolute Gasteiger partial charge is 0.397 e. The summed E-state index contributed by atoms with van der Waals surface area (Å²) in [5.74, 6) is 0. The predicted octanol–water partition coefficient (Wildman–Crippen LogP) is 2.84. The maximum Gasteiger partial charge on any atom is 0.143 e. The number of nitrogens with zero attached hydrogens (tertiary/aromatic N) is 5. The van der Waals surface area contributed by atoms with Crippen molar-refractivity contribution in [1.82, 2.24) is 9.97 Å². The van der Waals surface area contributed by atoms with Gasteiger partial charge >= 0.3 is 0 Å². The molecule has 0 aliphatic carbocycles. The first kappa shape index (κ1) is 16.9. The van der Waals surface area contributed by atoms with Crippen LogP contribution >= 0.6 is 12.2 Å². The summed E-state index contributed by atoms with van der Waals surface area (Å²) < 4.78 is 0. The number of nitrogens with two attached hydrogens (primary N) is 1. The molecule has 0 radical (unpaired) electrons. The van der Waals surface area contributed by atoms with Gasteiger partial charge < -0.3 is 5.73 Å². The van der Waals surface area contributed by atoms with Crippen molar-refractivity contribution in [3.8, 4) is 12.1 Å². The fraction of sp³-hybridized carbons (Fsp3) is 0.133. The molecule has 0 aliphatic rings. The zero-order valence-electron chi connectivity index (χ0n) is 12.0. The number of aliphatic imine (C=N–C) groups is 1. The standard InChI is InChI=1S/C8H5N3S.C7H7N3/c1-6-2-7(11-5-12)4-10-8(6)3-9;1-5-2-6(9)4-10-7(5)3-8/h2,4H,1H3;2,4H,9H2,1H3. The summed E-state index contributed by atoms with van der Waals surface area (Å²) in [6.45, 7) is 3.61. The molecule has 0 unspecified atom stereocenters. The summed E-state index contributed by atoms with van der Waals surface area (Å²) in [6, 6.07) is 7.39. The van der Waals surface area contributed by atoms with Crippen LogP contribution in [0.4, 0.5) is 11.4 Å². The average Bonchev–Trinajstić information content (AvgIpc) is 2.48. The van der Waals surface area contributed by atoms with Crippen molar-refractivity contribution in [3.63, 3.8) is 0 Å². The number of anilines is 1. The van der Waals surface area contributed by atoms with Gasteiger partial charge in [0.2, 0.25) is 0 Å². The van der Waals surface area contributed by atoms with Gasteiger partial charge in [0.25, 0.3) is 0 Å². The predicted molar refractivity (Wildman–Crippen MR) is 86.5 cm³/mol. The molecule has 7 heteroatoms. The number of thiocarbonyl (C=S) groups is 1. The Balaban J connectivity index is 0.000000224. The highest BCUT2D eigenvalue weighted by molar-refractivity contribution is 7.78.